The first kappa shape index (κ1) is 27.3. The molecule has 0 fully saturated rings. The third-order valence-electron chi connectivity index (χ3n) is 4.14. The van der Waals surface area contributed by atoms with Gasteiger partial charge >= 0.3 is 5.97 Å². The summed E-state index contributed by atoms with van der Waals surface area (Å²) in [6.45, 7) is 11.8. The molecule has 0 unspecified atom stereocenters. The summed E-state index contributed by atoms with van der Waals surface area (Å²) in [4.78, 5) is 11.5. The summed E-state index contributed by atoms with van der Waals surface area (Å²) in [5, 5.41) is 0. The average molecular weight is 405 g/mol. The summed E-state index contributed by atoms with van der Waals surface area (Å²) in [5.74, 6) is 0.415. The van der Waals surface area contributed by atoms with Gasteiger partial charge in [0.15, 0.2) is 0 Å². The molecule has 6 nitrogen and oxygen atoms in total. The number of hydrogen-bond donors (Lipinski definition) is 0. The Bertz CT molecular complexity index is 322. The minimum Gasteiger partial charge on any atom is -0.466 e. The van der Waals surface area contributed by atoms with Gasteiger partial charge in [0.25, 0.3) is 0 Å². The Kier molecular flexibility index (Phi) is 22.0. The number of unbranched alkanes of at least 4 members (excludes halogenated alkanes) is 4. The van der Waals surface area contributed by atoms with Gasteiger partial charge in [-0.05, 0) is 25.2 Å². The predicted octanol–water partition coefficient (Wildman–Crippen LogP) is 4.39. The summed E-state index contributed by atoms with van der Waals surface area (Å²) < 4.78 is 27.0. The van der Waals surface area contributed by atoms with Gasteiger partial charge in [-0.1, -0.05) is 46.5 Å². The third-order valence-corrected chi connectivity index (χ3v) is 4.14. The van der Waals surface area contributed by atoms with Gasteiger partial charge in [-0.25, -0.2) is 0 Å². The highest BCUT2D eigenvalue weighted by Crippen LogP contribution is 2.02. The maximum Gasteiger partial charge on any atom is 0.305 e. The van der Waals surface area contributed by atoms with Crippen LogP contribution in [0.15, 0.2) is 0 Å². The molecule has 0 aliphatic carbocycles. The fourth-order valence-corrected chi connectivity index (χ4v) is 2.37. The lowest BCUT2D eigenvalue weighted by molar-refractivity contribution is -0.144. The van der Waals surface area contributed by atoms with Crippen LogP contribution in [0, 0.1) is 5.92 Å². The molecular formula is C22H44O6. The highest BCUT2D eigenvalue weighted by atomic mass is 16.6. The Morgan fingerprint density at radius 2 is 1.14 bits per heavy atom. The minimum atomic E-state index is -0.141. The van der Waals surface area contributed by atoms with Gasteiger partial charge < -0.3 is 23.7 Å². The van der Waals surface area contributed by atoms with E-state index in [-0.39, 0.29) is 5.97 Å². The molecule has 0 amide bonds. The maximum atomic E-state index is 11.5. The molecule has 0 heterocycles. The zero-order chi connectivity index (χ0) is 20.7. The van der Waals surface area contributed by atoms with Crippen LogP contribution in [-0.2, 0) is 28.5 Å². The van der Waals surface area contributed by atoms with Crippen molar-refractivity contribution in [1.82, 2.24) is 0 Å². The van der Waals surface area contributed by atoms with Crippen molar-refractivity contribution in [1.29, 1.82) is 0 Å². The van der Waals surface area contributed by atoms with Crippen LogP contribution >= 0.6 is 0 Å². The lowest BCUT2D eigenvalue weighted by Gasteiger charge is -2.08. The van der Waals surface area contributed by atoms with Crippen molar-refractivity contribution in [2.75, 3.05) is 59.5 Å². The first-order chi connectivity index (χ1) is 13.7. The lowest BCUT2D eigenvalue weighted by Crippen LogP contribution is -2.13. The van der Waals surface area contributed by atoms with Crippen LogP contribution in [0.1, 0.15) is 72.1 Å². The fraction of sp³-hybridized carbons (Fsp3) is 0.955. The molecule has 0 spiro atoms. The average Bonchev–Trinajstić information content (AvgIpc) is 2.66. The first-order valence-corrected chi connectivity index (χ1v) is 11.1. The molecule has 0 aromatic carbocycles. The Labute approximate surface area is 172 Å². The van der Waals surface area contributed by atoms with Crippen molar-refractivity contribution in [3.05, 3.63) is 0 Å². The number of ether oxygens (including phenoxy) is 5. The number of hydrogen-bond acceptors (Lipinski definition) is 6. The predicted molar refractivity (Wildman–Crippen MR) is 112 cm³/mol. The van der Waals surface area contributed by atoms with E-state index in [0.29, 0.717) is 71.6 Å². The van der Waals surface area contributed by atoms with Crippen molar-refractivity contribution in [3.63, 3.8) is 0 Å². The van der Waals surface area contributed by atoms with E-state index in [1.54, 1.807) is 0 Å². The second-order valence-electron chi connectivity index (χ2n) is 7.37. The highest BCUT2D eigenvalue weighted by molar-refractivity contribution is 5.69. The number of rotatable bonds is 22. The Balaban J connectivity index is 3.09. The Hall–Kier alpha value is -0.690. The van der Waals surface area contributed by atoms with Crippen LogP contribution in [0.5, 0.6) is 0 Å². The van der Waals surface area contributed by atoms with Crippen molar-refractivity contribution in [3.8, 4) is 0 Å². The first-order valence-electron chi connectivity index (χ1n) is 11.1. The van der Waals surface area contributed by atoms with Crippen LogP contribution in [0.2, 0.25) is 0 Å². The SMILES string of the molecule is CCCCCCCOCCOCCOCCOCCCC(=O)OCCC(C)C. The number of carbonyl (C=O) groups is 1. The largest absolute Gasteiger partial charge is 0.466 e. The van der Waals surface area contributed by atoms with E-state index in [9.17, 15) is 4.79 Å². The molecule has 28 heavy (non-hydrogen) atoms. The van der Waals surface area contributed by atoms with E-state index in [1.807, 2.05) is 0 Å². The molecule has 0 saturated carbocycles. The van der Waals surface area contributed by atoms with Crippen LogP contribution in [0.4, 0.5) is 0 Å². The zero-order valence-corrected chi connectivity index (χ0v) is 18.5. The summed E-state index contributed by atoms with van der Waals surface area (Å²) >= 11 is 0. The molecular weight excluding hydrogens is 360 g/mol. The second-order valence-corrected chi connectivity index (χ2v) is 7.37. The van der Waals surface area contributed by atoms with E-state index < -0.39 is 0 Å². The minimum absolute atomic E-state index is 0.141. The fourth-order valence-electron chi connectivity index (χ4n) is 2.37. The molecule has 0 aliphatic rings. The topological polar surface area (TPSA) is 63.2 Å². The van der Waals surface area contributed by atoms with Gasteiger partial charge in [0.2, 0.25) is 0 Å². The van der Waals surface area contributed by atoms with Gasteiger partial charge in [0.05, 0.1) is 46.2 Å². The van der Waals surface area contributed by atoms with E-state index >= 15 is 0 Å². The monoisotopic (exact) mass is 404 g/mol. The standard InChI is InChI=1S/C22H44O6/c1-4-5-6-7-8-12-24-15-17-26-19-20-27-18-16-25-13-9-10-22(23)28-14-11-21(2)3/h21H,4-20H2,1-3H3. The molecule has 0 atom stereocenters. The lowest BCUT2D eigenvalue weighted by atomic mass is 10.1. The van der Waals surface area contributed by atoms with E-state index in [1.165, 1.54) is 25.7 Å². The van der Waals surface area contributed by atoms with E-state index in [0.717, 1.165) is 19.4 Å². The Morgan fingerprint density at radius 1 is 0.643 bits per heavy atom. The van der Waals surface area contributed by atoms with Crippen LogP contribution in [0.3, 0.4) is 0 Å². The van der Waals surface area contributed by atoms with Crippen molar-refractivity contribution >= 4 is 5.97 Å². The van der Waals surface area contributed by atoms with Gasteiger partial charge in [0.1, 0.15) is 0 Å². The van der Waals surface area contributed by atoms with Gasteiger partial charge in [-0.3, -0.25) is 4.79 Å². The maximum absolute atomic E-state index is 11.5. The zero-order valence-electron chi connectivity index (χ0n) is 18.5. The molecule has 168 valence electrons. The summed E-state index contributed by atoms with van der Waals surface area (Å²) in [5.41, 5.74) is 0. The molecule has 0 radical (unpaired) electrons. The Morgan fingerprint density at radius 3 is 1.68 bits per heavy atom. The quantitative estimate of drug-likeness (QED) is 0.197. The number of carbonyl (C=O) groups excluding carboxylic acids is 1. The van der Waals surface area contributed by atoms with E-state index in [2.05, 4.69) is 20.8 Å². The highest BCUT2D eigenvalue weighted by Gasteiger charge is 2.03. The van der Waals surface area contributed by atoms with Crippen molar-refractivity contribution in [2.45, 2.75) is 72.1 Å². The number of esters is 1. The van der Waals surface area contributed by atoms with Gasteiger partial charge in [-0.15, -0.1) is 0 Å². The van der Waals surface area contributed by atoms with Gasteiger partial charge in [-0.2, -0.15) is 0 Å². The second kappa shape index (κ2) is 22.6. The molecule has 0 aromatic rings. The molecule has 6 heteroatoms. The van der Waals surface area contributed by atoms with Crippen LogP contribution in [0.25, 0.3) is 0 Å². The molecule has 0 aromatic heterocycles. The van der Waals surface area contributed by atoms with Gasteiger partial charge in [0, 0.05) is 19.6 Å². The summed E-state index contributed by atoms with van der Waals surface area (Å²) in [6, 6.07) is 0. The van der Waals surface area contributed by atoms with Crippen LogP contribution < -0.4 is 0 Å². The summed E-state index contributed by atoms with van der Waals surface area (Å²) in [6.07, 6.45) is 8.31. The van der Waals surface area contributed by atoms with Crippen molar-refractivity contribution < 1.29 is 28.5 Å². The van der Waals surface area contributed by atoms with E-state index in [4.69, 9.17) is 23.7 Å². The molecule has 0 bridgehead atoms. The molecule has 0 saturated heterocycles. The normalized spacial score (nSPS) is 11.3. The molecule has 0 aliphatic heterocycles. The third kappa shape index (κ3) is 23.3. The van der Waals surface area contributed by atoms with Crippen molar-refractivity contribution in [2.24, 2.45) is 5.92 Å². The van der Waals surface area contributed by atoms with Crippen LogP contribution in [-0.4, -0.2) is 65.4 Å². The molecule has 0 rings (SSSR count). The molecule has 0 N–H and O–H groups in total. The smallest absolute Gasteiger partial charge is 0.305 e. The summed E-state index contributed by atoms with van der Waals surface area (Å²) in [7, 11) is 0.